The van der Waals surface area contributed by atoms with E-state index in [1.54, 1.807) is 6.07 Å². The second kappa shape index (κ2) is 8.42. The van der Waals surface area contributed by atoms with Gasteiger partial charge in [-0.1, -0.05) is 0 Å². The van der Waals surface area contributed by atoms with Gasteiger partial charge in [0.25, 0.3) is 0 Å². The van der Waals surface area contributed by atoms with Crippen molar-refractivity contribution in [2.45, 2.75) is 33.2 Å². The van der Waals surface area contributed by atoms with Gasteiger partial charge >= 0.3 is 5.97 Å². The van der Waals surface area contributed by atoms with Gasteiger partial charge in [0.1, 0.15) is 5.75 Å². The van der Waals surface area contributed by atoms with Crippen LogP contribution < -0.4 is 4.74 Å². The molecule has 0 unspecified atom stereocenters. The second-order valence-corrected chi connectivity index (χ2v) is 5.05. The number of carbonyl (C=O) groups is 2. The second-order valence-electron chi connectivity index (χ2n) is 5.05. The van der Waals surface area contributed by atoms with E-state index in [9.17, 15) is 9.59 Å². The molecule has 0 heterocycles. The molecule has 0 aliphatic carbocycles. The molecule has 1 rings (SSSR count). The molecular weight excluding hydrogens is 270 g/mol. The van der Waals surface area contributed by atoms with Crippen LogP contribution in [0.15, 0.2) is 18.2 Å². The molecule has 1 aromatic carbocycles. The van der Waals surface area contributed by atoms with Crippen molar-refractivity contribution in [3.63, 3.8) is 0 Å². The Hall–Kier alpha value is -1.88. The quantitative estimate of drug-likeness (QED) is 0.709. The van der Waals surface area contributed by atoms with Gasteiger partial charge in [0.2, 0.25) is 0 Å². The van der Waals surface area contributed by atoms with Gasteiger partial charge in [0, 0.05) is 24.1 Å². The maximum absolute atomic E-state index is 11.5. The number of aliphatic carboxylic acids is 1. The maximum Gasteiger partial charge on any atom is 0.303 e. The first kappa shape index (κ1) is 17.2. The monoisotopic (exact) mass is 293 g/mol. The number of carbonyl (C=O) groups excluding carboxylic acids is 1. The van der Waals surface area contributed by atoms with E-state index in [-0.39, 0.29) is 12.2 Å². The van der Waals surface area contributed by atoms with Crippen LogP contribution in [0, 0.1) is 0 Å². The summed E-state index contributed by atoms with van der Waals surface area (Å²) in [5.74, 6) is 0.0115. The van der Waals surface area contributed by atoms with Crippen LogP contribution in [0.1, 0.15) is 42.6 Å². The Bertz CT molecular complexity index is 499. The fraction of sp³-hybridized carbons (Fsp3) is 0.500. The van der Waals surface area contributed by atoms with Gasteiger partial charge in [-0.2, -0.15) is 0 Å². The third kappa shape index (κ3) is 5.95. The van der Waals surface area contributed by atoms with E-state index in [1.165, 1.54) is 6.92 Å². The van der Waals surface area contributed by atoms with E-state index < -0.39 is 5.97 Å². The van der Waals surface area contributed by atoms with Crippen molar-refractivity contribution in [2.24, 2.45) is 0 Å². The number of ketones is 1. The van der Waals surface area contributed by atoms with Crippen molar-refractivity contribution < 1.29 is 19.4 Å². The summed E-state index contributed by atoms with van der Waals surface area (Å²) in [5.41, 5.74) is 1.61. The molecule has 0 bridgehead atoms. The number of benzene rings is 1. The summed E-state index contributed by atoms with van der Waals surface area (Å²) in [6.45, 7) is 5.32. The fourth-order valence-corrected chi connectivity index (χ4v) is 2.09. The van der Waals surface area contributed by atoms with Gasteiger partial charge in [0.15, 0.2) is 5.78 Å². The van der Waals surface area contributed by atoms with Gasteiger partial charge in [0.05, 0.1) is 6.61 Å². The van der Waals surface area contributed by atoms with Crippen molar-refractivity contribution in [3.05, 3.63) is 29.3 Å². The highest BCUT2D eigenvalue weighted by Crippen LogP contribution is 2.22. The third-order valence-electron chi connectivity index (χ3n) is 3.14. The lowest BCUT2D eigenvalue weighted by Gasteiger charge is -2.19. The SMILES string of the molecule is CCOc1ccc(C(C)=O)cc1CN(C)CCCC(=O)O. The first-order valence-corrected chi connectivity index (χ1v) is 7.11. The Balaban J connectivity index is 2.75. The fourth-order valence-electron chi connectivity index (χ4n) is 2.09. The number of ether oxygens (including phenoxy) is 1. The minimum absolute atomic E-state index is 0.0211. The van der Waals surface area contributed by atoms with Crippen LogP contribution in [0.3, 0.4) is 0 Å². The maximum atomic E-state index is 11.5. The van der Waals surface area contributed by atoms with Crippen molar-refractivity contribution in [1.82, 2.24) is 4.90 Å². The highest BCUT2D eigenvalue weighted by Gasteiger charge is 2.10. The number of carboxylic acid groups (broad SMARTS) is 1. The lowest BCUT2D eigenvalue weighted by atomic mass is 10.1. The molecule has 0 saturated carbocycles. The predicted molar refractivity (Wildman–Crippen MR) is 80.8 cm³/mol. The van der Waals surface area contributed by atoms with Crippen molar-refractivity contribution >= 4 is 11.8 Å². The molecule has 21 heavy (non-hydrogen) atoms. The van der Waals surface area contributed by atoms with E-state index in [2.05, 4.69) is 0 Å². The molecule has 0 aromatic heterocycles. The molecule has 1 N–H and O–H groups in total. The number of carboxylic acids is 1. The van der Waals surface area contributed by atoms with Gasteiger partial charge in [-0.3, -0.25) is 9.59 Å². The third-order valence-corrected chi connectivity index (χ3v) is 3.14. The minimum atomic E-state index is -0.781. The summed E-state index contributed by atoms with van der Waals surface area (Å²) in [4.78, 5) is 24.0. The molecule has 0 amide bonds. The number of hydrogen-bond donors (Lipinski definition) is 1. The topological polar surface area (TPSA) is 66.8 Å². The summed E-state index contributed by atoms with van der Waals surface area (Å²) in [6, 6.07) is 5.43. The molecular formula is C16H23NO4. The summed E-state index contributed by atoms with van der Waals surface area (Å²) >= 11 is 0. The highest BCUT2D eigenvalue weighted by molar-refractivity contribution is 5.94. The smallest absolute Gasteiger partial charge is 0.303 e. The van der Waals surface area contributed by atoms with E-state index >= 15 is 0 Å². The first-order chi connectivity index (χ1) is 9.93. The molecule has 0 fully saturated rings. The molecule has 0 aliphatic rings. The molecule has 5 nitrogen and oxygen atoms in total. The van der Waals surface area contributed by atoms with E-state index in [0.29, 0.717) is 31.7 Å². The van der Waals surface area contributed by atoms with Gasteiger partial charge in [-0.15, -0.1) is 0 Å². The molecule has 5 heteroatoms. The average Bonchev–Trinajstić information content (AvgIpc) is 2.40. The Kier molecular flexibility index (Phi) is 6.88. The zero-order chi connectivity index (χ0) is 15.8. The van der Waals surface area contributed by atoms with Crippen LogP contribution >= 0.6 is 0 Å². The lowest BCUT2D eigenvalue weighted by molar-refractivity contribution is -0.137. The van der Waals surface area contributed by atoms with Gasteiger partial charge < -0.3 is 14.7 Å². The molecule has 0 aliphatic heterocycles. The van der Waals surface area contributed by atoms with E-state index in [0.717, 1.165) is 11.3 Å². The van der Waals surface area contributed by atoms with Crippen LogP contribution in [0.2, 0.25) is 0 Å². The Morgan fingerprint density at radius 2 is 2.05 bits per heavy atom. The summed E-state index contributed by atoms with van der Waals surface area (Å²) < 4.78 is 5.58. The standard InChI is InChI=1S/C16H23NO4/c1-4-21-15-8-7-13(12(2)18)10-14(15)11-17(3)9-5-6-16(19)20/h7-8,10H,4-6,9,11H2,1-3H3,(H,19,20). The van der Waals surface area contributed by atoms with Crippen LogP contribution in [0.5, 0.6) is 5.75 Å². The first-order valence-electron chi connectivity index (χ1n) is 7.11. The van der Waals surface area contributed by atoms with Crippen LogP contribution in [0.4, 0.5) is 0 Å². The summed E-state index contributed by atoms with van der Waals surface area (Å²) in [5, 5.41) is 8.65. The number of nitrogens with zero attached hydrogens (tertiary/aromatic N) is 1. The molecule has 0 radical (unpaired) electrons. The molecule has 0 atom stereocenters. The van der Waals surface area contributed by atoms with Gasteiger partial charge in [-0.25, -0.2) is 0 Å². The lowest BCUT2D eigenvalue weighted by Crippen LogP contribution is -2.20. The highest BCUT2D eigenvalue weighted by atomic mass is 16.5. The number of rotatable bonds is 9. The Morgan fingerprint density at radius 1 is 1.33 bits per heavy atom. The Morgan fingerprint density at radius 3 is 2.62 bits per heavy atom. The molecule has 116 valence electrons. The van der Waals surface area contributed by atoms with Crippen LogP contribution in [0.25, 0.3) is 0 Å². The Labute approximate surface area is 125 Å². The van der Waals surface area contributed by atoms with E-state index in [1.807, 2.05) is 31.0 Å². The largest absolute Gasteiger partial charge is 0.494 e. The van der Waals surface area contributed by atoms with Crippen LogP contribution in [-0.4, -0.2) is 42.0 Å². The van der Waals surface area contributed by atoms with Crippen molar-refractivity contribution in [2.75, 3.05) is 20.2 Å². The summed E-state index contributed by atoms with van der Waals surface area (Å²) in [6.07, 6.45) is 0.762. The van der Waals surface area contributed by atoms with Gasteiger partial charge in [-0.05, 0) is 52.1 Å². The summed E-state index contributed by atoms with van der Waals surface area (Å²) in [7, 11) is 1.93. The molecule has 0 saturated heterocycles. The normalized spacial score (nSPS) is 10.7. The van der Waals surface area contributed by atoms with E-state index in [4.69, 9.17) is 9.84 Å². The number of hydrogen-bond acceptors (Lipinski definition) is 4. The predicted octanol–water partition coefficient (Wildman–Crippen LogP) is 2.58. The minimum Gasteiger partial charge on any atom is -0.494 e. The van der Waals surface area contributed by atoms with Crippen LogP contribution in [-0.2, 0) is 11.3 Å². The molecule has 1 aromatic rings. The zero-order valence-electron chi connectivity index (χ0n) is 12.9. The zero-order valence-corrected chi connectivity index (χ0v) is 12.9. The number of Topliss-reactive ketones (excluding diaryl/α,β-unsaturated/α-hetero) is 1. The van der Waals surface area contributed by atoms with Crippen molar-refractivity contribution in [3.8, 4) is 5.75 Å². The van der Waals surface area contributed by atoms with Crippen molar-refractivity contribution in [1.29, 1.82) is 0 Å². The average molecular weight is 293 g/mol. The molecule has 0 spiro atoms.